The minimum absolute atomic E-state index is 0.277. The molecule has 3 heterocycles. The van der Waals surface area contributed by atoms with E-state index in [4.69, 9.17) is 4.52 Å². The van der Waals surface area contributed by atoms with Gasteiger partial charge in [-0.1, -0.05) is 25.4 Å². The number of piperidine rings is 1. The van der Waals surface area contributed by atoms with Gasteiger partial charge >= 0.3 is 0 Å². The molecule has 1 N–H and O–H groups in total. The van der Waals surface area contributed by atoms with Crippen molar-refractivity contribution in [3.63, 3.8) is 0 Å². The molecule has 2 aromatic rings. The van der Waals surface area contributed by atoms with Crippen molar-refractivity contribution in [2.45, 2.75) is 65.1 Å². The van der Waals surface area contributed by atoms with Gasteiger partial charge in [0, 0.05) is 31.0 Å². The maximum atomic E-state index is 5.62. The molecule has 2 aliphatic rings. The predicted molar refractivity (Wildman–Crippen MR) is 106 cm³/mol. The SMILES string of the molecule is CC1(C)[C@H](Cc2cc(CN3CCCCC3)on2)C[C@@H]1NCc1ccncc1. The molecule has 1 aliphatic heterocycles. The summed E-state index contributed by atoms with van der Waals surface area (Å²) in [5.41, 5.74) is 2.69. The van der Waals surface area contributed by atoms with Crippen LogP contribution in [-0.4, -0.2) is 34.2 Å². The van der Waals surface area contributed by atoms with Crippen LogP contribution in [0.4, 0.5) is 0 Å². The summed E-state index contributed by atoms with van der Waals surface area (Å²) in [5.74, 6) is 1.68. The molecular weight excluding hydrogens is 336 g/mol. The zero-order valence-corrected chi connectivity index (χ0v) is 16.7. The molecule has 4 rings (SSSR count). The fourth-order valence-corrected chi connectivity index (χ4v) is 4.57. The average Bonchev–Trinajstić information content (AvgIpc) is 3.13. The van der Waals surface area contributed by atoms with E-state index in [-0.39, 0.29) is 5.41 Å². The Bertz CT molecular complexity index is 721. The molecule has 1 saturated carbocycles. The minimum Gasteiger partial charge on any atom is -0.360 e. The fraction of sp³-hybridized carbons (Fsp3) is 0.636. The van der Waals surface area contributed by atoms with E-state index < -0.39 is 0 Å². The van der Waals surface area contributed by atoms with E-state index in [1.54, 1.807) is 0 Å². The molecule has 5 heteroatoms. The van der Waals surface area contributed by atoms with Crippen LogP contribution < -0.4 is 5.32 Å². The van der Waals surface area contributed by atoms with Crippen LogP contribution >= 0.6 is 0 Å². The third-order valence-corrected chi connectivity index (χ3v) is 6.66. The van der Waals surface area contributed by atoms with Crippen LogP contribution in [-0.2, 0) is 19.5 Å². The minimum atomic E-state index is 0.277. The number of pyridine rings is 1. The van der Waals surface area contributed by atoms with Gasteiger partial charge < -0.3 is 9.84 Å². The van der Waals surface area contributed by atoms with Gasteiger partial charge in [0.2, 0.25) is 0 Å². The average molecular weight is 369 g/mol. The van der Waals surface area contributed by atoms with E-state index in [0.29, 0.717) is 12.0 Å². The molecule has 2 aromatic heterocycles. The Balaban J connectivity index is 1.26. The molecule has 0 radical (unpaired) electrons. The first-order valence-corrected chi connectivity index (χ1v) is 10.4. The second kappa shape index (κ2) is 8.11. The van der Waals surface area contributed by atoms with Crippen LogP contribution in [0.25, 0.3) is 0 Å². The second-order valence-corrected chi connectivity index (χ2v) is 8.87. The molecule has 2 atom stereocenters. The number of nitrogens with one attached hydrogen (secondary N) is 1. The van der Waals surface area contributed by atoms with Crippen molar-refractivity contribution in [1.82, 2.24) is 20.4 Å². The Labute approximate surface area is 162 Å². The number of hydrogen-bond acceptors (Lipinski definition) is 5. The lowest BCUT2D eigenvalue weighted by molar-refractivity contribution is 0.0125. The van der Waals surface area contributed by atoms with E-state index in [1.165, 1.54) is 44.3 Å². The normalized spacial score (nSPS) is 25.3. The molecule has 0 aromatic carbocycles. The molecule has 1 saturated heterocycles. The Kier molecular flexibility index (Phi) is 5.60. The van der Waals surface area contributed by atoms with Crippen LogP contribution in [0.5, 0.6) is 0 Å². The highest BCUT2D eigenvalue weighted by Crippen LogP contribution is 2.47. The summed E-state index contributed by atoms with van der Waals surface area (Å²) >= 11 is 0. The summed E-state index contributed by atoms with van der Waals surface area (Å²) in [6.45, 7) is 8.96. The van der Waals surface area contributed by atoms with Gasteiger partial charge in [0.25, 0.3) is 0 Å². The topological polar surface area (TPSA) is 54.2 Å². The third-order valence-electron chi connectivity index (χ3n) is 6.66. The number of likely N-dealkylation sites (tertiary alicyclic amines) is 1. The van der Waals surface area contributed by atoms with E-state index in [2.05, 4.69) is 52.4 Å². The Morgan fingerprint density at radius 1 is 1.19 bits per heavy atom. The number of nitrogens with zero attached hydrogens (tertiary/aromatic N) is 3. The molecule has 27 heavy (non-hydrogen) atoms. The van der Waals surface area contributed by atoms with Crippen molar-refractivity contribution in [3.05, 3.63) is 47.6 Å². The summed E-state index contributed by atoms with van der Waals surface area (Å²) in [4.78, 5) is 6.57. The van der Waals surface area contributed by atoms with Gasteiger partial charge in [-0.05, 0) is 67.8 Å². The first-order valence-electron chi connectivity index (χ1n) is 10.4. The van der Waals surface area contributed by atoms with Gasteiger partial charge in [-0.15, -0.1) is 0 Å². The second-order valence-electron chi connectivity index (χ2n) is 8.87. The molecular formula is C22H32N4O. The van der Waals surface area contributed by atoms with Gasteiger partial charge in [-0.25, -0.2) is 0 Å². The molecule has 1 aliphatic carbocycles. The van der Waals surface area contributed by atoms with Crippen molar-refractivity contribution in [1.29, 1.82) is 0 Å². The molecule has 2 fully saturated rings. The Hall–Kier alpha value is -1.72. The lowest BCUT2D eigenvalue weighted by Crippen LogP contribution is -2.57. The van der Waals surface area contributed by atoms with Gasteiger partial charge in [-0.2, -0.15) is 0 Å². The Morgan fingerprint density at radius 2 is 1.96 bits per heavy atom. The van der Waals surface area contributed by atoms with Crippen LogP contribution in [0, 0.1) is 11.3 Å². The first kappa shape index (κ1) is 18.6. The Morgan fingerprint density at radius 3 is 2.70 bits per heavy atom. The maximum Gasteiger partial charge on any atom is 0.150 e. The van der Waals surface area contributed by atoms with E-state index in [9.17, 15) is 0 Å². The lowest BCUT2D eigenvalue weighted by Gasteiger charge is -2.52. The molecule has 146 valence electrons. The molecule has 0 unspecified atom stereocenters. The highest BCUT2D eigenvalue weighted by Gasteiger charge is 2.47. The van der Waals surface area contributed by atoms with Gasteiger partial charge in [0.15, 0.2) is 5.76 Å². The maximum absolute atomic E-state index is 5.62. The van der Waals surface area contributed by atoms with Crippen LogP contribution in [0.1, 0.15) is 56.5 Å². The van der Waals surface area contributed by atoms with E-state index in [0.717, 1.165) is 31.0 Å². The zero-order chi connectivity index (χ0) is 18.7. The van der Waals surface area contributed by atoms with Crippen molar-refractivity contribution >= 4 is 0 Å². The quantitative estimate of drug-likeness (QED) is 0.805. The highest BCUT2D eigenvalue weighted by atomic mass is 16.5. The summed E-state index contributed by atoms with van der Waals surface area (Å²) in [6.07, 6.45) is 9.92. The van der Waals surface area contributed by atoms with Crippen molar-refractivity contribution in [2.75, 3.05) is 13.1 Å². The highest BCUT2D eigenvalue weighted by molar-refractivity contribution is 5.13. The van der Waals surface area contributed by atoms with Gasteiger partial charge in [0.1, 0.15) is 0 Å². The summed E-state index contributed by atoms with van der Waals surface area (Å²) < 4.78 is 5.62. The van der Waals surface area contributed by atoms with E-state index >= 15 is 0 Å². The predicted octanol–water partition coefficient (Wildman–Crippen LogP) is 3.80. The summed E-state index contributed by atoms with van der Waals surface area (Å²) in [6, 6.07) is 6.89. The summed E-state index contributed by atoms with van der Waals surface area (Å²) in [5, 5.41) is 8.08. The van der Waals surface area contributed by atoms with Gasteiger partial charge in [0.05, 0.1) is 12.2 Å². The lowest BCUT2D eigenvalue weighted by atomic mass is 9.57. The van der Waals surface area contributed by atoms with E-state index in [1.807, 2.05) is 12.4 Å². The largest absolute Gasteiger partial charge is 0.360 e. The van der Waals surface area contributed by atoms with Crippen LogP contribution in [0.3, 0.4) is 0 Å². The molecule has 0 amide bonds. The first-order chi connectivity index (χ1) is 13.1. The van der Waals surface area contributed by atoms with Gasteiger partial charge in [-0.3, -0.25) is 9.88 Å². The zero-order valence-electron chi connectivity index (χ0n) is 16.7. The molecule has 0 spiro atoms. The van der Waals surface area contributed by atoms with Crippen LogP contribution in [0.15, 0.2) is 35.1 Å². The van der Waals surface area contributed by atoms with Crippen molar-refractivity contribution < 1.29 is 4.52 Å². The smallest absolute Gasteiger partial charge is 0.150 e. The number of aromatic nitrogens is 2. The third kappa shape index (κ3) is 4.41. The molecule has 5 nitrogen and oxygen atoms in total. The number of hydrogen-bond donors (Lipinski definition) is 1. The van der Waals surface area contributed by atoms with Crippen molar-refractivity contribution in [2.24, 2.45) is 11.3 Å². The van der Waals surface area contributed by atoms with Crippen molar-refractivity contribution in [3.8, 4) is 0 Å². The number of rotatable bonds is 7. The standard InChI is InChI=1S/C22H32N4O/c1-22(2)18(13-21(22)24-15-17-6-8-23-9-7-17)12-19-14-20(27-25-19)16-26-10-4-3-5-11-26/h6-9,14,18,21,24H,3-5,10-13,15-16H2,1-2H3/t18-,21+/m1/s1. The summed E-state index contributed by atoms with van der Waals surface area (Å²) in [7, 11) is 0. The monoisotopic (exact) mass is 368 g/mol. The molecule has 0 bridgehead atoms. The fourth-order valence-electron chi connectivity index (χ4n) is 4.57. The van der Waals surface area contributed by atoms with Crippen LogP contribution in [0.2, 0.25) is 0 Å².